The van der Waals surface area contributed by atoms with Crippen LogP contribution in [0.5, 0.6) is 0 Å². The second-order valence-corrected chi connectivity index (χ2v) is 6.03. The van der Waals surface area contributed by atoms with E-state index in [4.69, 9.17) is 5.11 Å². The smallest absolute Gasteiger partial charge is 0.271 e. The number of rotatable bonds is 5. The number of nitrogens with zero attached hydrogens (tertiary/aromatic N) is 1. The number of aliphatic hydroxyl groups excluding tert-OH is 1. The Morgan fingerprint density at radius 2 is 2.00 bits per heavy atom. The maximum Gasteiger partial charge on any atom is 0.271 e. The predicted molar refractivity (Wildman–Crippen MR) is 69.4 cm³/mol. The highest BCUT2D eigenvalue weighted by Crippen LogP contribution is 2.25. The fourth-order valence-electron chi connectivity index (χ4n) is 1.56. The number of sulfonamides is 1. The van der Waals surface area contributed by atoms with Gasteiger partial charge in [0.25, 0.3) is 5.69 Å². The van der Waals surface area contributed by atoms with Crippen LogP contribution in [0.3, 0.4) is 0 Å². The van der Waals surface area contributed by atoms with Crippen LogP contribution < -0.4 is 4.72 Å². The molecule has 19 heavy (non-hydrogen) atoms. The third-order valence-corrected chi connectivity index (χ3v) is 4.45. The Balaban J connectivity index is 3.37. The van der Waals surface area contributed by atoms with Gasteiger partial charge in [0.05, 0.1) is 16.4 Å². The molecule has 7 nitrogen and oxygen atoms in total. The standard InChI is InChI=1S/C11H16N2O5S/c1-7-4-10(13(15)16)5-11(9(7)3)19(17,18)12-8(2)6-14/h4-5,8,12,14H,6H2,1-3H3/t8-/m1/s1. The molecule has 0 fully saturated rings. The molecule has 0 aromatic heterocycles. The molecule has 2 N–H and O–H groups in total. The van der Waals surface area contributed by atoms with Crippen LogP contribution in [-0.4, -0.2) is 31.1 Å². The number of hydrogen-bond donors (Lipinski definition) is 2. The van der Waals surface area contributed by atoms with Crippen molar-refractivity contribution in [3.05, 3.63) is 33.4 Å². The molecule has 0 saturated heterocycles. The topological polar surface area (TPSA) is 110 Å². The Kier molecular flexibility index (Phi) is 4.61. The van der Waals surface area contributed by atoms with Crippen LogP contribution in [0, 0.1) is 24.0 Å². The Morgan fingerprint density at radius 3 is 2.47 bits per heavy atom. The molecule has 0 aliphatic carbocycles. The summed E-state index contributed by atoms with van der Waals surface area (Å²) in [6, 6.07) is 1.68. The first-order valence-corrected chi connectivity index (χ1v) is 7.06. The number of aliphatic hydroxyl groups is 1. The maximum absolute atomic E-state index is 12.1. The normalized spacial score (nSPS) is 13.3. The minimum absolute atomic E-state index is 0.139. The quantitative estimate of drug-likeness (QED) is 0.617. The number of hydrogen-bond acceptors (Lipinski definition) is 5. The average Bonchev–Trinajstić information content (AvgIpc) is 2.31. The van der Waals surface area contributed by atoms with Gasteiger partial charge in [-0.3, -0.25) is 10.1 Å². The molecule has 0 radical (unpaired) electrons. The van der Waals surface area contributed by atoms with Crippen molar-refractivity contribution in [3.63, 3.8) is 0 Å². The fourth-order valence-corrected chi connectivity index (χ4v) is 3.13. The van der Waals surface area contributed by atoms with Crippen molar-refractivity contribution in [1.82, 2.24) is 4.72 Å². The lowest BCUT2D eigenvalue weighted by molar-refractivity contribution is -0.385. The molecule has 1 aromatic rings. The SMILES string of the molecule is Cc1cc([N+](=O)[O-])cc(S(=O)(=O)N[C@H](C)CO)c1C. The zero-order valence-corrected chi connectivity index (χ0v) is 11.7. The molecular weight excluding hydrogens is 272 g/mol. The zero-order chi connectivity index (χ0) is 14.8. The molecule has 1 atom stereocenters. The van der Waals surface area contributed by atoms with Crippen LogP contribution in [0.25, 0.3) is 0 Å². The lowest BCUT2D eigenvalue weighted by Gasteiger charge is -2.14. The first-order valence-electron chi connectivity index (χ1n) is 5.58. The minimum atomic E-state index is -3.90. The highest BCUT2D eigenvalue weighted by Gasteiger charge is 2.23. The minimum Gasteiger partial charge on any atom is -0.395 e. The van der Waals surface area contributed by atoms with E-state index in [1.165, 1.54) is 13.0 Å². The second-order valence-electron chi connectivity index (χ2n) is 4.35. The number of benzene rings is 1. The van der Waals surface area contributed by atoms with Gasteiger partial charge in [0.1, 0.15) is 0 Å². The van der Waals surface area contributed by atoms with Gasteiger partial charge >= 0.3 is 0 Å². The van der Waals surface area contributed by atoms with Crippen molar-refractivity contribution in [2.24, 2.45) is 0 Å². The molecule has 8 heteroatoms. The molecule has 0 heterocycles. The van der Waals surface area contributed by atoms with Crippen molar-refractivity contribution in [1.29, 1.82) is 0 Å². The molecule has 0 unspecified atom stereocenters. The summed E-state index contributed by atoms with van der Waals surface area (Å²) >= 11 is 0. The molecule has 1 aromatic carbocycles. The van der Waals surface area contributed by atoms with Gasteiger partial charge in [-0.25, -0.2) is 13.1 Å². The molecule has 0 aliphatic rings. The molecular formula is C11H16N2O5S. The van der Waals surface area contributed by atoms with E-state index in [9.17, 15) is 18.5 Å². The third-order valence-electron chi connectivity index (χ3n) is 2.74. The van der Waals surface area contributed by atoms with E-state index in [0.717, 1.165) is 6.07 Å². The van der Waals surface area contributed by atoms with Gasteiger partial charge in [0.2, 0.25) is 10.0 Å². The van der Waals surface area contributed by atoms with Gasteiger partial charge in [0.15, 0.2) is 0 Å². The van der Waals surface area contributed by atoms with Crippen LogP contribution >= 0.6 is 0 Å². The van der Waals surface area contributed by atoms with Gasteiger partial charge < -0.3 is 5.11 Å². The Morgan fingerprint density at radius 1 is 1.42 bits per heavy atom. The van der Waals surface area contributed by atoms with Gasteiger partial charge in [-0.2, -0.15) is 0 Å². The Labute approximate surface area is 111 Å². The molecule has 0 saturated carbocycles. The van der Waals surface area contributed by atoms with E-state index in [1.54, 1.807) is 13.8 Å². The first-order chi connectivity index (χ1) is 8.69. The predicted octanol–water partition coefficient (Wildman–Crippen LogP) is 0.871. The molecule has 106 valence electrons. The van der Waals surface area contributed by atoms with Crippen molar-refractivity contribution < 1.29 is 18.4 Å². The molecule has 0 amide bonds. The maximum atomic E-state index is 12.1. The van der Waals surface area contributed by atoms with Crippen LogP contribution in [0.2, 0.25) is 0 Å². The number of nitro benzene ring substituents is 1. The molecule has 0 aliphatic heterocycles. The van der Waals surface area contributed by atoms with Crippen molar-refractivity contribution in [2.45, 2.75) is 31.7 Å². The van der Waals surface area contributed by atoms with E-state index < -0.39 is 21.0 Å². The Hall–Kier alpha value is -1.51. The summed E-state index contributed by atoms with van der Waals surface area (Å²) in [6.45, 7) is 4.33. The summed E-state index contributed by atoms with van der Waals surface area (Å²) in [4.78, 5) is 10.00. The number of nitro groups is 1. The summed E-state index contributed by atoms with van der Waals surface area (Å²) in [5, 5.41) is 19.6. The largest absolute Gasteiger partial charge is 0.395 e. The first kappa shape index (κ1) is 15.5. The zero-order valence-electron chi connectivity index (χ0n) is 10.9. The van der Waals surface area contributed by atoms with Gasteiger partial charge in [-0.05, 0) is 31.9 Å². The van der Waals surface area contributed by atoms with E-state index in [-0.39, 0.29) is 17.2 Å². The number of nitrogens with one attached hydrogen (secondary N) is 1. The summed E-state index contributed by atoms with van der Waals surface area (Å²) in [6.07, 6.45) is 0. The molecule has 0 spiro atoms. The molecule has 0 bridgehead atoms. The van der Waals surface area contributed by atoms with Crippen LogP contribution in [0.1, 0.15) is 18.1 Å². The van der Waals surface area contributed by atoms with Crippen LogP contribution in [-0.2, 0) is 10.0 Å². The number of non-ortho nitro benzene ring substituents is 1. The van der Waals surface area contributed by atoms with E-state index in [0.29, 0.717) is 11.1 Å². The molecule has 1 rings (SSSR count). The highest BCUT2D eigenvalue weighted by molar-refractivity contribution is 7.89. The van der Waals surface area contributed by atoms with Crippen LogP contribution in [0.15, 0.2) is 17.0 Å². The van der Waals surface area contributed by atoms with Crippen molar-refractivity contribution in [3.8, 4) is 0 Å². The van der Waals surface area contributed by atoms with Crippen LogP contribution in [0.4, 0.5) is 5.69 Å². The second kappa shape index (κ2) is 5.64. The summed E-state index contributed by atoms with van der Waals surface area (Å²) < 4.78 is 26.5. The van der Waals surface area contributed by atoms with E-state index in [2.05, 4.69) is 4.72 Å². The Bertz CT molecular complexity index is 597. The summed E-state index contributed by atoms with van der Waals surface area (Å²) in [7, 11) is -3.90. The average molecular weight is 288 g/mol. The van der Waals surface area contributed by atoms with Crippen molar-refractivity contribution in [2.75, 3.05) is 6.61 Å². The van der Waals surface area contributed by atoms with E-state index in [1.807, 2.05) is 0 Å². The van der Waals surface area contributed by atoms with Gasteiger partial charge in [-0.1, -0.05) is 0 Å². The third kappa shape index (κ3) is 3.49. The summed E-state index contributed by atoms with van der Waals surface area (Å²) in [5.41, 5.74) is 0.689. The van der Waals surface area contributed by atoms with Gasteiger partial charge in [-0.15, -0.1) is 0 Å². The van der Waals surface area contributed by atoms with Crippen molar-refractivity contribution >= 4 is 15.7 Å². The highest BCUT2D eigenvalue weighted by atomic mass is 32.2. The van der Waals surface area contributed by atoms with E-state index >= 15 is 0 Å². The lowest BCUT2D eigenvalue weighted by atomic mass is 10.1. The summed E-state index contributed by atoms with van der Waals surface area (Å²) in [5.74, 6) is 0. The lowest BCUT2D eigenvalue weighted by Crippen LogP contribution is -2.35. The fraction of sp³-hybridized carbons (Fsp3) is 0.455. The van der Waals surface area contributed by atoms with Gasteiger partial charge in [0, 0.05) is 18.2 Å². The number of aryl methyl sites for hydroxylation is 1. The monoisotopic (exact) mass is 288 g/mol.